The van der Waals surface area contributed by atoms with Crippen LogP contribution in [-0.4, -0.2) is 78.7 Å². The number of benzene rings is 1. The van der Waals surface area contributed by atoms with Crippen molar-refractivity contribution in [2.45, 2.75) is 31.1 Å². The number of hydrogen-bond donors (Lipinski definition) is 0. The van der Waals surface area contributed by atoms with Crippen LogP contribution in [0.25, 0.3) is 11.8 Å². The fourth-order valence-corrected chi connectivity index (χ4v) is 7.46. The Morgan fingerprint density at radius 1 is 1.00 bits per heavy atom. The molecule has 10 heteroatoms. The molecule has 0 unspecified atom stereocenters. The van der Waals surface area contributed by atoms with Gasteiger partial charge in [-0.1, -0.05) is 12.5 Å². The monoisotopic (exact) mass is 536 g/mol. The lowest BCUT2D eigenvalue weighted by Crippen LogP contribution is -2.49. The van der Waals surface area contributed by atoms with Crippen LogP contribution in [0.4, 0.5) is 10.2 Å². The Bertz CT molecular complexity index is 1460. The van der Waals surface area contributed by atoms with Crippen LogP contribution in [0, 0.1) is 11.2 Å². The maximum atomic E-state index is 13.7. The Morgan fingerprint density at radius 2 is 1.76 bits per heavy atom. The number of piperidine rings is 1. The minimum Gasteiger partial charge on any atom is -0.354 e. The highest BCUT2D eigenvalue weighted by Crippen LogP contribution is 2.47. The van der Waals surface area contributed by atoms with Gasteiger partial charge in [0.1, 0.15) is 16.5 Å². The lowest BCUT2D eigenvalue weighted by atomic mass is 9.67. The van der Waals surface area contributed by atoms with E-state index in [9.17, 15) is 12.8 Å². The Kier molecular flexibility index (Phi) is 6.36. The van der Waals surface area contributed by atoms with E-state index in [1.807, 2.05) is 16.9 Å². The number of sulfonamides is 1. The first-order valence-electron chi connectivity index (χ1n) is 13.2. The third-order valence-corrected chi connectivity index (χ3v) is 10.3. The normalized spacial score (nSPS) is 22.6. The number of aromatic nitrogens is 3. The van der Waals surface area contributed by atoms with Crippen LogP contribution in [0.3, 0.4) is 0 Å². The van der Waals surface area contributed by atoms with Crippen molar-refractivity contribution in [3.05, 3.63) is 71.4 Å². The van der Waals surface area contributed by atoms with Crippen LogP contribution in [0.1, 0.15) is 31.0 Å². The van der Waals surface area contributed by atoms with Gasteiger partial charge in [-0.3, -0.25) is 0 Å². The number of hydrogen-bond acceptors (Lipinski definition) is 6. The number of likely N-dealkylation sites (N-methyl/N-ethyl adjacent to an activating group) is 1. The van der Waals surface area contributed by atoms with Gasteiger partial charge >= 0.3 is 0 Å². The topological polar surface area (TPSA) is 74.6 Å². The van der Waals surface area contributed by atoms with Crippen molar-refractivity contribution >= 4 is 21.9 Å². The van der Waals surface area contributed by atoms with E-state index in [1.165, 1.54) is 23.9 Å². The van der Waals surface area contributed by atoms with Crippen LogP contribution >= 0.6 is 0 Å². The largest absolute Gasteiger partial charge is 0.354 e. The molecule has 0 N–H and O–H groups in total. The Balaban J connectivity index is 1.24. The van der Waals surface area contributed by atoms with Gasteiger partial charge in [-0.2, -0.15) is 9.40 Å². The van der Waals surface area contributed by atoms with E-state index >= 15 is 0 Å². The van der Waals surface area contributed by atoms with Crippen molar-refractivity contribution in [1.82, 2.24) is 24.0 Å². The van der Waals surface area contributed by atoms with Gasteiger partial charge in [0.25, 0.3) is 0 Å². The summed E-state index contributed by atoms with van der Waals surface area (Å²) < 4.78 is 44.4. The number of nitrogens with zero attached hydrogens (tertiary/aromatic N) is 6. The highest BCUT2D eigenvalue weighted by Gasteiger charge is 2.45. The molecule has 200 valence electrons. The highest BCUT2D eigenvalue weighted by atomic mass is 32.2. The first kappa shape index (κ1) is 25.2. The van der Waals surface area contributed by atoms with Gasteiger partial charge in [0.15, 0.2) is 0 Å². The van der Waals surface area contributed by atoms with Crippen molar-refractivity contribution < 1.29 is 12.8 Å². The van der Waals surface area contributed by atoms with Crippen molar-refractivity contribution in [2.75, 3.05) is 51.2 Å². The van der Waals surface area contributed by atoms with E-state index in [2.05, 4.69) is 39.9 Å². The summed E-state index contributed by atoms with van der Waals surface area (Å²) in [6.07, 6.45) is 7.75. The molecule has 2 saturated heterocycles. The summed E-state index contributed by atoms with van der Waals surface area (Å²) in [4.78, 5) is 9.25. The molecule has 38 heavy (non-hydrogen) atoms. The van der Waals surface area contributed by atoms with Crippen molar-refractivity contribution in [3.8, 4) is 5.69 Å². The van der Waals surface area contributed by atoms with Crippen LogP contribution in [0.2, 0.25) is 0 Å². The van der Waals surface area contributed by atoms with E-state index < -0.39 is 10.0 Å². The molecule has 0 bridgehead atoms. The number of pyridine rings is 1. The first-order valence-corrected chi connectivity index (χ1v) is 14.7. The zero-order valence-electron chi connectivity index (χ0n) is 21.8. The third-order valence-electron chi connectivity index (χ3n) is 8.45. The Morgan fingerprint density at radius 3 is 2.45 bits per heavy atom. The second-order valence-electron chi connectivity index (χ2n) is 10.7. The summed E-state index contributed by atoms with van der Waals surface area (Å²) >= 11 is 0. The van der Waals surface area contributed by atoms with Crippen LogP contribution in [0.15, 0.2) is 59.3 Å². The number of halogens is 1. The van der Waals surface area contributed by atoms with Gasteiger partial charge in [-0.15, -0.1) is 0 Å². The molecule has 3 aliphatic rings. The van der Waals surface area contributed by atoms with Crippen LogP contribution in [0.5, 0.6) is 0 Å². The molecule has 6 rings (SSSR count). The molecular weight excluding hydrogens is 503 g/mol. The predicted octanol–water partition coefficient (Wildman–Crippen LogP) is 3.59. The van der Waals surface area contributed by atoms with Gasteiger partial charge in [0.2, 0.25) is 10.0 Å². The molecule has 1 atom stereocenters. The predicted molar refractivity (Wildman–Crippen MR) is 145 cm³/mol. The van der Waals surface area contributed by atoms with Crippen molar-refractivity contribution in [2.24, 2.45) is 5.41 Å². The zero-order valence-corrected chi connectivity index (χ0v) is 22.7. The van der Waals surface area contributed by atoms with E-state index in [4.69, 9.17) is 0 Å². The quantitative estimate of drug-likeness (QED) is 0.496. The number of rotatable bonds is 5. The third kappa shape index (κ3) is 4.34. The Labute approximate surface area is 223 Å². The Hall–Kier alpha value is -3.08. The zero-order chi connectivity index (χ0) is 26.5. The van der Waals surface area contributed by atoms with E-state index in [0.29, 0.717) is 19.5 Å². The second kappa shape index (κ2) is 9.59. The highest BCUT2D eigenvalue weighted by molar-refractivity contribution is 7.89. The smallest absolute Gasteiger partial charge is 0.244 e. The minimum absolute atomic E-state index is 0.245. The molecule has 2 fully saturated rings. The fourth-order valence-electron chi connectivity index (χ4n) is 5.99. The molecule has 1 aromatic carbocycles. The number of anilines is 1. The maximum absolute atomic E-state index is 13.7. The van der Waals surface area contributed by atoms with E-state index in [0.717, 1.165) is 61.8 Å². The summed E-state index contributed by atoms with van der Waals surface area (Å²) in [6, 6.07) is 9.85. The molecular formula is C28H33FN6O2S. The van der Waals surface area contributed by atoms with E-state index in [1.54, 1.807) is 22.5 Å². The molecule has 0 spiro atoms. The van der Waals surface area contributed by atoms with Crippen LogP contribution < -0.4 is 4.90 Å². The van der Waals surface area contributed by atoms with Crippen LogP contribution in [-0.2, 0) is 16.4 Å². The SMILES string of the molecule is CC[C@]12Cc3cnn(-c4ccc(F)cc4)c3C=C1CCN(S(=O)(=O)c1ccc(N3CCN(C)CC3)nc1)C2. The maximum Gasteiger partial charge on any atom is 0.244 e. The molecule has 2 aliphatic heterocycles. The molecule has 8 nitrogen and oxygen atoms in total. The second-order valence-corrected chi connectivity index (χ2v) is 12.6. The first-order chi connectivity index (χ1) is 18.3. The standard InChI is InChI=1S/C28H33FN6O2S/c1-3-28-17-21-18-31-35(24-6-4-23(29)5-7-24)26(21)16-22(28)10-11-34(20-28)38(36,37)25-8-9-27(30-19-25)33-14-12-32(2)13-15-33/h4-9,16,18-19H,3,10-15,17,20H2,1-2H3/t28-/m1/s1. The molecule has 0 amide bonds. The molecule has 4 heterocycles. The summed E-state index contributed by atoms with van der Waals surface area (Å²) in [7, 11) is -1.57. The minimum atomic E-state index is -3.68. The summed E-state index contributed by atoms with van der Waals surface area (Å²) in [5.41, 5.74) is 3.86. The lowest BCUT2D eigenvalue weighted by molar-refractivity contribution is 0.204. The van der Waals surface area contributed by atoms with Gasteiger partial charge in [-0.25, -0.2) is 22.5 Å². The number of piperazine rings is 1. The molecule has 0 radical (unpaired) electrons. The summed E-state index contributed by atoms with van der Waals surface area (Å²) in [5.74, 6) is 0.541. The fraction of sp³-hybridized carbons (Fsp3) is 0.429. The molecule has 0 saturated carbocycles. The molecule has 3 aromatic rings. The van der Waals surface area contributed by atoms with Crippen molar-refractivity contribution in [3.63, 3.8) is 0 Å². The molecule has 1 aliphatic carbocycles. The summed E-state index contributed by atoms with van der Waals surface area (Å²) in [6.45, 7) is 6.69. The van der Waals surface area contributed by atoms with E-state index in [-0.39, 0.29) is 16.1 Å². The van der Waals surface area contributed by atoms with Crippen molar-refractivity contribution in [1.29, 1.82) is 0 Å². The lowest BCUT2D eigenvalue weighted by Gasteiger charge is -2.45. The number of fused-ring (bicyclic) bond motifs is 2. The molecule has 2 aromatic heterocycles. The summed E-state index contributed by atoms with van der Waals surface area (Å²) in [5, 5.41) is 4.59. The van der Waals surface area contributed by atoms with Gasteiger partial charge in [0.05, 0.1) is 17.6 Å². The van der Waals surface area contributed by atoms with Gasteiger partial charge in [-0.05, 0) is 74.3 Å². The van der Waals surface area contributed by atoms with Gasteiger partial charge < -0.3 is 9.80 Å². The van der Waals surface area contributed by atoms with Gasteiger partial charge in [0, 0.05) is 50.9 Å². The average Bonchev–Trinajstić information content (AvgIpc) is 3.34. The average molecular weight is 537 g/mol.